The number of halogens is 5. The minimum atomic E-state index is -5.08. The van der Waals surface area contributed by atoms with Gasteiger partial charge in [-0.25, -0.2) is 18.4 Å². The van der Waals surface area contributed by atoms with E-state index in [9.17, 15) is 36.3 Å². The van der Waals surface area contributed by atoms with Gasteiger partial charge < -0.3 is 25.8 Å². The molecule has 0 aliphatic heterocycles. The van der Waals surface area contributed by atoms with E-state index in [4.69, 9.17) is 20.7 Å². The molecule has 0 saturated heterocycles. The molecule has 0 radical (unpaired) electrons. The van der Waals surface area contributed by atoms with Crippen molar-refractivity contribution in [3.63, 3.8) is 0 Å². The maximum Gasteiger partial charge on any atom is 0.490 e. The summed E-state index contributed by atoms with van der Waals surface area (Å²) in [4.78, 5) is 44.9. The number of hydrogen-bond acceptors (Lipinski definition) is 5. The van der Waals surface area contributed by atoms with Crippen LogP contribution in [0.2, 0.25) is 0 Å². The second-order valence-corrected chi connectivity index (χ2v) is 6.73. The number of carbonyl (C=O) groups is 3. The highest BCUT2D eigenvalue weighted by atomic mass is 19.4. The number of carboxylic acids is 2. The lowest BCUT2D eigenvalue weighted by atomic mass is 10.1. The number of aliphatic carboxylic acids is 2. The van der Waals surface area contributed by atoms with Gasteiger partial charge in [0.1, 0.15) is 23.2 Å². The molecule has 0 bridgehead atoms. The standard InChI is InChI=1S/C18H19F2N3O4.C2HF3O2/c19-12-7-11(8-13(20)9-12)10-23-6-2-3-14(17(23)25)16(24)22-15(18(26)27)4-1-5-21;3-2(4,5)1(6)7/h2-3,6-9,15H,1,4-5,10,21H2,(H,22,24)(H,26,27);(H,6,7)/t15-;/m0./s1. The Kier molecular flexibility index (Phi) is 10.3. The molecule has 1 aromatic carbocycles. The van der Waals surface area contributed by atoms with Crippen LogP contribution < -0.4 is 16.6 Å². The van der Waals surface area contributed by atoms with Gasteiger partial charge in [-0.1, -0.05) is 0 Å². The van der Waals surface area contributed by atoms with E-state index >= 15 is 0 Å². The average molecular weight is 493 g/mol. The van der Waals surface area contributed by atoms with Crippen molar-refractivity contribution < 1.29 is 46.5 Å². The quantitative estimate of drug-likeness (QED) is 0.409. The summed E-state index contributed by atoms with van der Waals surface area (Å²) in [5.41, 5.74) is 4.58. The van der Waals surface area contributed by atoms with E-state index in [2.05, 4.69) is 5.32 Å². The number of nitrogens with two attached hydrogens (primary N) is 1. The van der Waals surface area contributed by atoms with Crippen LogP contribution in [0, 0.1) is 11.6 Å². The van der Waals surface area contributed by atoms with Gasteiger partial charge in [0.05, 0.1) is 6.54 Å². The zero-order valence-electron chi connectivity index (χ0n) is 17.3. The third-order valence-corrected chi connectivity index (χ3v) is 4.08. The number of hydrogen-bond donors (Lipinski definition) is 4. The minimum absolute atomic E-state index is 0.126. The fraction of sp³-hybridized carbons (Fsp3) is 0.300. The molecule has 0 aliphatic rings. The summed E-state index contributed by atoms with van der Waals surface area (Å²) < 4.78 is 59.5. The number of alkyl halides is 3. The number of pyridine rings is 1. The van der Waals surface area contributed by atoms with Crippen molar-refractivity contribution in [2.24, 2.45) is 5.73 Å². The summed E-state index contributed by atoms with van der Waals surface area (Å²) in [5, 5.41) is 18.6. The second-order valence-electron chi connectivity index (χ2n) is 6.73. The third kappa shape index (κ3) is 8.97. The lowest BCUT2D eigenvalue weighted by Crippen LogP contribution is -2.43. The number of rotatable bonds is 8. The first-order chi connectivity index (χ1) is 15.8. The molecule has 0 spiro atoms. The molecule has 1 aromatic heterocycles. The van der Waals surface area contributed by atoms with Crippen molar-refractivity contribution in [1.82, 2.24) is 9.88 Å². The molecule has 0 fully saturated rings. The molecular weight excluding hydrogens is 473 g/mol. The Hall–Kier alpha value is -3.81. The van der Waals surface area contributed by atoms with Gasteiger partial charge in [0, 0.05) is 12.3 Å². The van der Waals surface area contributed by atoms with Crippen LogP contribution in [-0.2, 0) is 16.1 Å². The Morgan fingerprint density at radius 3 is 2.12 bits per heavy atom. The molecule has 1 amide bonds. The van der Waals surface area contributed by atoms with Gasteiger partial charge in [0.2, 0.25) is 0 Å². The van der Waals surface area contributed by atoms with Gasteiger partial charge in [-0.15, -0.1) is 0 Å². The smallest absolute Gasteiger partial charge is 0.480 e. The van der Waals surface area contributed by atoms with Gasteiger partial charge in [0.15, 0.2) is 0 Å². The molecule has 1 heterocycles. The van der Waals surface area contributed by atoms with E-state index < -0.39 is 47.3 Å². The van der Waals surface area contributed by atoms with E-state index in [1.165, 1.54) is 18.3 Å². The number of carbonyl (C=O) groups excluding carboxylic acids is 1. The predicted octanol–water partition coefficient (Wildman–Crippen LogP) is 1.73. The monoisotopic (exact) mass is 493 g/mol. The van der Waals surface area contributed by atoms with E-state index in [-0.39, 0.29) is 30.6 Å². The van der Waals surface area contributed by atoms with Crippen LogP contribution in [0.5, 0.6) is 0 Å². The minimum Gasteiger partial charge on any atom is -0.480 e. The van der Waals surface area contributed by atoms with Gasteiger partial charge in [-0.05, 0) is 49.2 Å². The molecule has 9 nitrogen and oxygen atoms in total. The van der Waals surface area contributed by atoms with Crippen LogP contribution in [0.25, 0.3) is 0 Å². The molecule has 2 rings (SSSR count). The van der Waals surface area contributed by atoms with Crippen LogP contribution in [0.15, 0.2) is 41.3 Å². The Morgan fingerprint density at radius 2 is 1.65 bits per heavy atom. The number of amides is 1. The van der Waals surface area contributed by atoms with Crippen LogP contribution in [0.4, 0.5) is 22.0 Å². The van der Waals surface area contributed by atoms with E-state index in [1.807, 2.05) is 0 Å². The molecule has 2 aromatic rings. The van der Waals surface area contributed by atoms with Crippen LogP contribution in [0.3, 0.4) is 0 Å². The van der Waals surface area contributed by atoms with Gasteiger partial charge in [-0.3, -0.25) is 9.59 Å². The van der Waals surface area contributed by atoms with Crippen molar-refractivity contribution in [3.8, 4) is 0 Å². The Morgan fingerprint density at radius 1 is 1.09 bits per heavy atom. The van der Waals surface area contributed by atoms with Gasteiger partial charge in [-0.2, -0.15) is 13.2 Å². The molecule has 5 N–H and O–H groups in total. The van der Waals surface area contributed by atoms with Crippen molar-refractivity contribution >= 4 is 17.8 Å². The van der Waals surface area contributed by atoms with Crippen LogP contribution in [0.1, 0.15) is 28.8 Å². The van der Waals surface area contributed by atoms with E-state index in [0.717, 1.165) is 16.7 Å². The lowest BCUT2D eigenvalue weighted by Gasteiger charge is -2.14. The Bertz CT molecular complexity index is 1070. The highest BCUT2D eigenvalue weighted by molar-refractivity contribution is 5.96. The predicted molar refractivity (Wildman–Crippen MR) is 107 cm³/mol. The van der Waals surface area contributed by atoms with Gasteiger partial charge in [0.25, 0.3) is 11.5 Å². The molecule has 0 aliphatic carbocycles. The van der Waals surface area contributed by atoms with Crippen molar-refractivity contribution in [2.45, 2.75) is 31.6 Å². The molecule has 0 unspecified atom stereocenters. The normalized spacial score (nSPS) is 11.7. The summed E-state index contributed by atoms with van der Waals surface area (Å²) in [6.45, 7) is 0.117. The first kappa shape index (κ1) is 28.2. The third-order valence-electron chi connectivity index (χ3n) is 4.08. The maximum atomic E-state index is 13.3. The summed E-state index contributed by atoms with van der Waals surface area (Å²) in [6.07, 6.45) is -3.20. The topological polar surface area (TPSA) is 152 Å². The van der Waals surface area contributed by atoms with Crippen LogP contribution in [-0.4, -0.2) is 51.4 Å². The molecule has 14 heteroatoms. The number of nitrogens with zero attached hydrogens (tertiary/aromatic N) is 1. The highest BCUT2D eigenvalue weighted by Gasteiger charge is 2.38. The molecular formula is C20H20F5N3O6. The Labute approximate surface area is 188 Å². The maximum absolute atomic E-state index is 13.3. The van der Waals surface area contributed by atoms with Crippen molar-refractivity contribution in [2.75, 3.05) is 6.54 Å². The number of aromatic nitrogens is 1. The number of nitrogens with one attached hydrogen (secondary N) is 1. The largest absolute Gasteiger partial charge is 0.490 e. The van der Waals surface area contributed by atoms with Gasteiger partial charge >= 0.3 is 18.1 Å². The molecule has 1 atom stereocenters. The molecule has 186 valence electrons. The summed E-state index contributed by atoms with van der Waals surface area (Å²) in [5.74, 6) is -6.40. The average Bonchev–Trinajstić information content (AvgIpc) is 2.71. The van der Waals surface area contributed by atoms with E-state index in [1.54, 1.807) is 0 Å². The fourth-order valence-electron chi connectivity index (χ4n) is 2.55. The SMILES string of the molecule is NCCC[C@H](NC(=O)c1cccn(Cc2cc(F)cc(F)c2)c1=O)C(=O)O.O=C(O)C(F)(F)F. The molecule has 34 heavy (non-hydrogen) atoms. The molecule has 0 saturated carbocycles. The number of carboxylic acid groups (broad SMARTS) is 2. The Balaban J connectivity index is 0.000000718. The van der Waals surface area contributed by atoms with Crippen molar-refractivity contribution in [1.29, 1.82) is 0 Å². The summed E-state index contributed by atoms with van der Waals surface area (Å²) in [6, 6.07) is 4.37. The first-order valence-electron chi connectivity index (χ1n) is 9.44. The highest BCUT2D eigenvalue weighted by Crippen LogP contribution is 2.13. The van der Waals surface area contributed by atoms with Crippen LogP contribution >= 0.6 is 0 Å². The first-order valence-corrected chi connectivity index (χ1v) is 9.44. The zero-order valence-corrected chi connectivity index (χ0v) is 17.3. The zero-order chi connectivity index (χ0) is 26.1. The summed E-state index contributed by atoms with van der Waals surface area (Å²) in [7, 11) is 0. The summed E-state index contributed by atoms with van der Waals surface area (Å²) >= 11 is 0. The lowest BCUT2D eigenvalue weighted by molar-refractivity contribution is -0.192. The van der Waals surface area contributed by atoms with Crippen molar-refractivity contribution in [3.05, 3.63) is 69.6 Å². The second kappa shape index (κ2) is 12.4. The van der Waals surface area contributed by atoms with E-state index in [0.29, 0.717) is 12.5 Å². The number of benzene rings is 1. The fourth-order valence-corrected chi connectivity index (χ4v) is 2.55.